The van der Waals surface area contributed by atoms with Gasteiger partial charge in [-0.15, -0.1) is 0 Å². The predicted molar refractivity (Wildman–Crippen MR) is 97.7 cm³/mol. The number of hydrogen-bond acceptors (Lipinski definition) is 4. The van der Waals surface area contributed by atoms with Crippen LogP contribution in [0.5, 0.6) is 11.5 Å². The van der Waals surface area contributed by atoms with E-state index in [-0.39, 0.29) is 24.3 Å². The van der Waals surface area contributed by atoms with Crippen LogP contribution in [0.3, 0.4) is 0 Å². The average Bonchev–Trinajstić information content (AvgIpc) is 2.65. The van der Waals surface area contributed by atoms with Crippen LogP contribution in [0.2, 0.25) is 0 Å². The van der Waals surface area contributed by atoms with Gasteiger partial charge in [0.15, 0.2) is 0 Å². The van der Waals surface area contributed by atoms with Gasteiger partial charge in [-0.3, -0.25) is 9.59 Å². The maximum absolute atomic E-state index is 13.9. The molecule has 27 heavy (non-hydrogen) atoms. The topological polar surface area (TPSA) is 84.9 Å². The fraction of sp³-hybridized carbons (Fsp3) is 0.300. The Labute approximate surface area is 156 Å². The SMILES string of the molecule is CCOc1ccc(CC(CNC(=O)c2c(F)cccc2OC)C(=O)O)cc1. The Hall–Kier alpha value is -3.09. The summed E-state index contributed by atoms with van der Waals surface area (Å²) in [4.78, 5) is 23.8. The zero-order valence-corrected chi connectivity index (χ0v) is 15.2. The summed E-state index contributed by atoms with van der Waals surface area (Å²) in [5.74, 6) is -2.57. The van der Waals surface area contributed by atoms with Gasteiger partial charge < -0.3 is 19.9 Å². The van der Waals surface area contributed by atoms with Gasteiger partial charge in [-0.05, 0) is 43.2 Å². The van der Waals surface area contributed by atoms with Crippen LogP contribution in [0.4, 0.5) is 4.39 Å². The fourth-order valence-electron chi connectivity index (χ4n) is 2.62. The molecule has 0 aliphatic rings. The molecule has 0 aliphatic carbocycles. The summed E-state index contributed by atoms with van der Waals surface area (Å²) in [6.45, 7) is 2.28. The summed E-state index contributed by atoms with van der Waals surface area (Å²) < 4.78 is 24.3. The molecule has 2 rings (SSSR count). The number of carbonyl (C=O) groups is 2. The number of aliphatic carboxylic acids is 1. The third kappa shape index (κ3) is 5.44. The minimum Gasteiger partial charge on any atom is -0.496 e. The van der Waals surface area contributed by atoms with Gasteiger partial charge in [-0.2, -0.15) is 0 Å². The highest BCUT2D eigenvalue weighted by molar-refractivity contribution is 5.97. The second-order valence-corrected chi connectivity index (χ2v) is 5.84. The number of rotatable bonds is 9. The summed E-state index contributed by atoms with van der Waals surface area (Å²) in [6.07, 6.45) is 0.219. The van der Waals surface area contributed by atoms with Crippen molar-refractivity contribution in [3.05, 3.63) is 59.4 Å². The number of methoxy groups -OCH3 is 1. The van der Waals surface area contributed by atoms with E-state index in [2.05, 4.69) is 5.32 Å². The normalized spacial score (nSPS) is 11.5. The molecule has 0 aromatic heterocycles. The Morgan fingerprint density at radius 3 is 2.48 bits per heavy atom. The minimum atomic E-state index is -1.05. The van der Waals surface area contributed by atoms with Gasteiger partial charge in [-0.1, -0.05) is 18.2 Å². The molecule has 1 amide bonds. The molecule has 0 saturated carbocycles. The first-order valence-corrected chi connectivity index (χ1v) is 8.51. The number of amides is 1. The maximum atomic E-state index is 13.9. The zero-order valence-electron chi connectivity index (χ0n) is 15.2. The summed E-state index contributed by atoms with van der Waals surface area (Å²) in [6, 6.07) is 11.1. The first-order valence-electron chi connectivity index (χ1n) is 8.51. The lowest BCUT2D eigenvalue weighted by Gasteiger charge is -2.15. The van der Waals surface area contributed by atoms with Crippen molar-refractivity contribution in [1.29, 1.82) is 0 Å². The number of nitrogens with one attached hydrogen (secondary N) is 1. The number of halogens is 1. The van der Waals surface area contributed by atoms with Gasteiger partial charge >= 0.3 is 5.97 Å². The van der Waals surface area contributed by atoms with Crippen LogP contribution < -0.4 is 14.8 Å². The van der Waals surface area contributed by atoms with Crippen LogP contribution in [0.25, 0.3) is 0 Å². The lowest BCUT2D eigenvalue weighted by Crippen LogP contribution is -2.34. The smallest absolute Gasteiger partial charge is 0.308 e. The first kappa shape index (κ1) is 20.2. The van der Waals surface area contributed by atoms with Crippen molar-refractivity contribution in [2.75, 3.05) is 20.3 Å². The van der Waals surface area contributed by atoms with Gasteiger partial charge in [0.25, 0.3) is 5.91 Å². The summed E-state index contributed by atoms with van der Waals surface area (Å²) in [5.41, 5.74) is 0.550. The standard InChI is InChI=1S/C20H22FNO5/c1-3-27-15-9-7-13(8-10-15)11-14(20(24)25)12-22-19(23)18-16(21)5-4-6-17(18)26-2/h4-10,14H,3,11-12H2,1-2H3,(H,22,23)(H,24,25). The number of carboxylic acid groups (broad SMARTS) is 1. The van der Waals surface area contributed by atoms with Crippen molar-refractivity contribution in [3.8, 4) is 11.5 Å². The molecule has 6 nitrogen and oxygen atoms in total. The van der Waals surface area contributed by atoms with E-state index < -0.39 is 23.6 Å². The van der Waals surface area contributed by atoms with Crippen LogP contribution in [-0.4, -0.2) is 37.2 Å². The first-order chi connectivity index (χ1) is 13.0. The molecule has 144 valence electrons. The highest BCUT2D eigenvalue weighted by Crippen LogP contribution is 2.21. The summed E-state index contributed by atoms with van der Waals surface area (Å²) in [7, 11) is 1.33. The fourth-order valence-corrected chi connectivity index (χ4v) is 2.62. The number of hydrogen-bond donors (Lipinski definition) is 2. The predicted octanol–water partition coefficient (Wildman–Crippen LogP) is 2.91. The van der Waals surface area contributed by atoms with E-state index in [0.717, 1.165) is 11.6 Å². The molecule has 0 saturated heterocycles. The average molecular weight is 375 g/mol. The van der Waals surface area contributed by atoms with E-state index in [9.17, 15) is 19.1 Å². The van der Waals surface area contributed by atoms with Gasteiger partial charge in [0, 0.05) is 6.54 Å². The van der Waals surface area contributed by atoms with Gasteiger partial charge in [-0.25, -0.2) is 4.39 Å². The number of ether oxygens (including phenoxy) is 2. The highest BCUT2D eigenvalue weighted by atomic mass is 19.1. The third-order valence-corrected chi connectivity index (χ3v) is 4.00. The number of carbonyl (C=O) groups excluding carboxylic acids is 1. The highest BCUT2D eigenvalue weighted by Gasteiger charge is 2.22. The molecule has 0 spiro atoms. The monoisotopic (exact) mass is 375 g/mol. The molecular formula is C20H22FNO5. The second-order valence-electron chi connectivity index (χ2n) is 5.84. The Balaban J connectivity index is 2.04. The molecule has 0 bridgehead atoms. The molecule has 1 atom stereocenters. The molecule has 0 heterocycles. The van der Waals surface area contributed by atoms with Crippen molar-refractivity contribution < 1.29 is 28.6 Å². The van der Waals surface area contributed by atoms with Crippen LogP contribution in [-0.2, 0) is 11.2 Å². The Morgan fingerprint density at radius 2 is 1.89 bits per heavy atom. The molecule has 2 aromatic carbocycles. The van der Waals surface area contributed by atoms with Gasteiger partial charge in [0.05, 0.1) is 19.6 Å². The molecular weight excluding hydrogens is 353 g/mol. The molecule has 1 unspecified atom stereocenters. The maximum Gasteiger partial charge on any atom is 0.308 e. The van der Waals surface area contributed by atoms with Crippen molar-refractivity contribution in [2.24, 2.45) is 5.92 Å². The quantitative estimate of drug-likeness (QED) is 0.704. The second kappa shape index (κ2) is 9.56. The summed E-state index contributed by atoms with van der Waals surface area (Å²) in [5, 5.41) is 11.9. The molecule has 0 aliphatic heterocycles. The van der Waals surface area contributed by atoms with Crippen molar-refractivity contribution in [1.82, 2.24) is 5.32 Å². The van der Waals surface area contributed by atoms with Crippen molar-refractivity contribution >= 4 is 11.9 Å². The largest absolute Gasteiger partial charge is 0.496 e. The van der Waals surface area contributed by atoms with Crippen LogP contribution >= 0.6 is 0 Å². The van der Waals surface area contributed by atoms with E-state index in [0.29, 0.717) is 12.4 Å². The number of carboxylic acids is 1. The van der Waals surface area contributed by atoms with Crippen LogP contribution in [0.1, 0.15) is 22.8 Å². The molecule has 7 heteroatoms. The van der Waals surface area contributed by atoms with Gasteiger partial charge in [0.2, 0.25) is 0 Å². The van der Waals surface area contributed by atoms with Crippen LogP contribution in [0.15, 0.2) is 42.5 Å². The molecule has 0 fully saturated rings. The minimum absolute atomic E-state index is 0.0888. The molecule has 2 N–H and O–H groups in total. The van der Waals surface area contributed by atoms with E-state index >= 15 is 0 Å². The Bertz CT molecular complexity index is 791. The lowest BCUT2D eigenvalue weighted by molar-refractivity contribution is -0.141. The summed E-state index contributed by atoms with van der Waals surface area (Å²) >= 11 is 0. The molecule has 2 aromatic rings. The Kier molecular flexibility index (Phi) is 7.16. The van der Waals surface area contributed by atoms with E-state index in [1.807, 2.05) is 6.92 Å². The van der Waals surface area contributed by atoms with E-state index in [4.69, 9.17) is 9.47 Å². The third-order valence-electron chi connectivity index (χ3n) is 4.00. The zero-order chi connectivity index (χ0) is 19.8. The lowest BCUT2D eigenvalue weighted by atomic mass is 9.99. The van der Waals surface area contributed by atoms with Crippen LogP contribution in [0, 0.1) is 11.7 Å². The van der Waals surface area contributed by atoms with E-state index in [1.165, 1.54) is 19.2 Å². The van der Waals surface area contributed by atoms with Crippen molar-refractivity contribution in [3.63, 3.8) is 0 Å². The van der Waals surface area contributed by atoms with Crippen molar-refractivity contribution in [2.45, 2.75) is 13.3 Å². The Morgan fingerprint density at radius 1 is 1.19 bits per heavy atom. The molecule has 0 radical (unpaired) electrons. The van der Waals surface area contributed by atoms with Gasteiger partial charge in [0.1, 0.15) is 22.9 Å². The van der Waals surface area contributed by atoms with E-state index in [1.54, 1.807) is 24.3 Å². The number of benzene rings is 2.